The quantitative estimate of drug-likeness (QED) is 0.0806. The number of anilines is 1. The van der Waals surface area contributed by atoms with E-state index in [1.165, 1.54) is 23.6 Å². The maximum Gasteiger partial charge on any atom is 0.454 e. The molecule has 39 heavy (non-hydrogen) atoms. The molecule has 0 radical (unpaired) electrons. The fraction of sp³-hybridized carbons (Fsp3) is 0.320. The summed E-state index contributed by atoms with van der Waals surface area (Å²) in [5.41, 5.74) is 5.77. The minimum absolute atomic E-state index is 0.0480. The van der Waals surface area contributed by atoms with Gasteiger partial charge in [-0.1, -0.05) is 19.6 Å². The highest BCUT2D eigenvalue weighted by atomic mass is 35.5. The Kier molecular flexibility index (Phi) is 11.7. The van der Waals surface area contributed by atoms with Crippen LogP contribution < -0.4 is 14.8 Å². The number of benzene rings is 1. The van der Waals surface area contributed by atoms with Crippen LogP contribution in [0.3, 0.4) is 0 Å². The number of nitrogens with zero attached hydrogens (tertiary/aromatic N) is 2. The Morgan fingerprint density at radius 1 is 1.23 bits per heavy atom. The number of nitroso groups, excluding NO2 is 1. The third kappa shape index (κ3) is 9.52. The van der Waals surface area contributed by atoms with Gasteiger partial charge in [0.25, 0.3) is 5.78 Å². The normalized spacial score (nSPS) is 13.3. The van der Waals surface area contributed by atoms with Gasteiger partial charge in [0.15, 0.2) is 5.00 Å². The Hall–Kier alpha value is -3.16. The molecule has 14 heteroatoms. The molecule has 2 rings (SSSR count). The van der Waals surface area contributed by atoms with Crippen molar-refractivity contribution in [1.82, 2.24) is 0 Å². The second-order valence-corrected chi connectivity index (χ2v) is 11.2. The second kappa shape index (κ2) is 14.3. The van der Waals surface area contributed by atoms with Crippen molar-refractivity contribution in [2.45, 2.75) is 31.2 Å². The van der Waals surface area contributed by atoms with E-state index in [0.717, 1.165) is 42.1 Å². The molecule has 8 nitrogen and oxygen atoms in total. The Morgan fingerprint density at radius 3 is 2.44 bits per heavy atom. The lowest BCUT2D eigenvalue weighted by Crippen LogP contribution is -2.26. The summed E-state index contributed by atoms with van der Waals surface area (Å²) in [6.07, 6.45) is -2.57. The number of allylic oxidation sites excluding steroid dienone is 4. The average molecular weight is 606 g/mol. The maximum atomic E-state index is 13.5. The van der Waals surface area contributed by atoms with Crippen LogP contribution in [-0.2, 0) is 14.9 Å². The molecule has 0 bridgehead atoms. The summed E-state index contributed by atoms with van der Waals surface area (Å²) in [7, 11) is -4.64. The molecular weight excluding hydrogens is 579 g/mol. The van der Waals surface area contributed by atoms with Crippen LogP contribution >= 0.6 is 22.9 Å². The van der Waals surface area contributed by atoms with Crippen LogP contribution in [0.25, 0.3) is 0 Å². The van der Waals surface area contributed by atoms with Crippen molar-refractivity contribution in [3.8, 4) is 5.75 Å². The number of thiophene rings is 1. The third-order valence-electron chi connectivity index (χ3n) is 5.24. The number of halogens is 4. The van der Waals surface area contributed by atoms with Crippen molar-refractivity contribution in [1.29, 1.82) is 0 Å². The average Bonchev–Trinajstić information content (AvgIpc) is 3.33. The van der Waals surface area contributed by atoms with Gasteiger partial charge in [0.2, 0.25) is 0 Å². The molecule has 1 aromatic carbocycles. The van der Waals surface area contributed by atoms with Crippen molar-refractivity contribution >= 4 is 49.5 Å². The fourth-order valence-electron chi connectivity index (χ4n) is 3.50. The number of nitrogens with two attached hydrogens (primary N) is 1. The fourth-order valence-corrected chi connectivity index (χ4v) is 5.90. The summed E-state index contributed by atoms with van der Waals surface area (Å²) < 4.78 is 71.2. The predicted octanol–water partition coefficient (Wildman–Crippen LogP) is 6.53. The number of carbonyl (C=O) groups excluding carboxylic acids is 1. The smallest absolute Gasteiger partial charge is 0.399 e. The van der Waals surface area contributed by atoms with Gasteiger partial charge in [-0.15, -0.1) is 27.8 Å². The second-order valence-electron chi connectivity index (χ2n) is 8.20. The molecular formula is C25H27ClF3N3O5S2. The van der Waals surface area contributed by atoms with Crippen molar-refractivity contribution in [2.75, 3.05) is 23.9 Å². The molecule has 0 fully saturated rings. The van der Waals surface area contributed by atoms with E-state index in [9.17, 15) is 31.3 Å². The van der Waals surface area contributed by atoms with Gasteiger partial charge >= 0.3 is 16.3 Å². The molecule has 1 aromatic heterocycles. The van der Waals surface area contributed by atoms with Crippen LogP contribution in [0, 0.1) is 4.91 Å². The summed E-state index contributed by atoms with van der Waals surface area (Å²) >= 11 is 6.71. The molecule has 0 amide bonds. The standard InChI is InChI=1S/C25H27ClF3N3O5S2/c1-3-12-32(13-11-26)19-6-8-20(9-7-19)37-39(35,36)22(21-10-14-38-24(21)31-34)15-18(5-4-17(2)30)16-23(33)25(27,28)29/h4-10,14,16,22H,2-3,11-13,15,30H2,1H3/b5-4-,18-16+. The zero-order valence-corrected chi connectivity index (χ0v) is 23.2. The Labute approximate surface area is 233 Å². The Balaban J connectivity index is 2.50. The van der Waals surface area contributed by atoms with Gasteiger partial charge in [-0.3, -0.25) is 4.79 Å². The van der Waals surface area contributed by atoms with E-state index in [1.807, 2.05) is 11.8 Å². The summed E-state index contributed by atoms with van der Waals surface area (Å²) in [6.45, 7) is 6.71. The highest BCUT2D eigenvalue weighted by molar-refractivity contribution is 7.87. The topological polar surface area (TPSA) is 119 Å². The number of carbonyl (C=O) groups is 1. The molecule has 0 saturated heterocycles. The number of alkyl halides is 4. The SMILES string of the molecule is C=C(N)/C=C\C(=C/C(=O)C(F)(F)F)CC(c1ccsc1N=O)S(=O)(=O)Oc1ccc(N(CCC)CCCl)cc1. The summed E-state index contributed by atoms with van der Waals surface area (Å²) in [5, 5.41) is 2.35. The number of ketones is 1. The predicted molar refractivity (Wildman–Crippen MR) is 148 cm³/mol. The first-order valence-electron chi connectivity index (χ1n) is 11.5. The van der Waals surface area contributed by atoms with Crippen molar-refractivity contribution in [3.63, 3.8) is 0 Å². The largest absolute Gasteiger partial charge is 0.454 e. The maximum absolute atomic E-state index is 13.5. The van der Waals surface area contributed by atoms with E-state index in [1.54, 1.807) is 12.1 Å². The highest BCUT2D eigenvalue weighted by Crippen LogP contribution is 2.40. The van der Waals surface area contributed by atoms with Gasteiger partial charge in [0.1, 0.15) is 11.0 Å². The van der Waals surface area contributed by atoms with Crippen molar-refractivity contribution in [2.24, 2.45) is 10.9 Å². The number of hydrogen-bond acceptors (Lipinski definition) is 9. The lowest BCUT2D eigenvalue weighted by Gasteiger charge is -2.23. The van der Waals surface area contributed by atoms with Gasteiger partial charge in [-0.05, 0) is 71.5 Å². The molecule has 0 spiro atoms. The molecule has 0 aliphatic rings. The van der Waals surface area contributed by atoms with Gasteiger partial charge in [0.05, 0.1) is 0 Å². The molecule has 0 saturated carbocycles. The number of hydrogen-bond donors (Lipinski definition) is 1. The van der Waals surface area contributed by atoms with Crippen LogP contribution in [0.5, 0.6) is 5.75 Å². The molecule has 1 atom stereocenters. The first kappa shape index (κ1) is 32.1. The Morgan fingerprint density at radius 2 is 1.90 bits per heavy atom. The zero-order valence-electron chi connectivity index (χ0n) is 20.9. The van der Waals surface area contributed by atoms with E-state index in [2.05, 4.69) is 11.8 Å². The first-order valence-corrected chi connectivity index (χ1v) is 14.4. The number of rotatable bonds is 15. The first-order chi connectivity index (χ1) is 18.3. The molecule has 2 aromatic rings. The van der Waals surface area contributed by atoms with Gasteiger partial charge in [-0.2, -0.15) is 21.6 Å². The van der Waals surface area contributed by atoms with Crippen LogP contribution in [-0.4, -0.2) is 39.3 Å². The zero-order chi connectivity index (χ0) is 29.2. The third-order valence-corrected chi connectivity index (χ3v) is 7.76. The van der Waals surface area contributed by atoms with Crippen molar-refractivity contribution in [3.05, 3.63) is 82.3 Å². The van der Waals surface area contributed by atoms with E-state index >= 15 is 0 Å². The minimum atomic E-state index is -5.20. The lowest BCUT2D eigenvalue weighted by atomic mass is 10.0. The van der Waals surface area contributed by atoms with Gasteiger partial charge < -0.3 is 14.8 Å². The monoisotopic (exact) mass is 605 g/mol. The Bertz CT molecular complexity index is 1320. The molecule has 0 aliphatic carbocycles. The van der Waals surface area contributed by atoms with E-state index in [-0.39, 0.29) is 33.7 Å². The molecule has 1 heterocycles. The molecule has 212 valence electrons. The minimum Gasteiger partial charge on any atom is -0.399 e. The summed E-state index contributed by atoms with van der Waals surface area (Å²) in [4.78, 5) is 25.0. The van der Waals surface area contributed by atoms with Gasteiger partial charge in [-0.25, -0.2) is 0 Å². The highest BCUT2D eigenvalue weighted by Gasteiger charge is 2.38. The van der Waals surface area contributed by atoms with Gasteiger partial charge in [0, 0.05) is 35.9 Å². The van der Waals surface area contributed by atoms with Crippen LogP contribution in [0.4, 0.5) is 23.9 Å². The summed E-state index contributed by atoms with van der Waals surface area (Å²) in [6, 6.07) is 7.45. The molecule has 1 unspecified atom stereocenters. The van der Waals surface area contributed by atoms with E-state index in [0.29, 0.717) is 12.4 Å². The molecule has 2 N–H and O–H groups in total. The molecule has 0 aliphatic heterocycles. The lowest BCUT2D eigenvalue weighted by molar-refractivity contribution is -0.165. The van der Waals surface area contributed by atoms with Crippen LogP contribution in [0.2, 0.25) is 0 Å². The summed E-state index contributed by atoms with van der Waals surface area (Å²) in [5.74, 6) is -1.88. The van der Waals surface area contributed by atoms with Crippen LogP contribution in [0.15, 0.2) is 77.0 Å². The van der Waals surface area contributed by atoms with Crippen molar-refractivity contribution < 1.29 is 30.6 Å². The van der Waals surface area contributed by atoms with E-state index in [4.69, 9.17) is 21.5 Å². The van der Waals surface area contributed by atoms with E-state index < -0.39 is 33.7 Å². The van der Waals surface area contributed by atoms with Crippen LogP contribution in [0.1, 0.15) is 30.6 Å².